The minimum atomic E-state index is -0.389. The van der Waals surface area contributed by atoms with Gasteiger partial charge in [0, 0.05) is 13.1 Å². The van der Waals surface area contributed by atoms with Crippen LogP contribution < -0.4 is 5.32 Å². The van der Waals surface area contributed by atoms with Crippen LogP contribution in [-0.2, 0) is 6.54 Å². The highest BCUT2D eigenvalue weighted by Crippen LogP contribution is 2.20. The molecule has 2 rings (SSSR count). The number of nitrogens with one attached hydrogen (secondary N) is 1. The number of nitrogens with zero attached hydrogens (tertiary/aromatic N) is 4. The topological polar surface area (TPSA) is 55.6 Å². The van der Waals surface area contributed by atoms with Gasteiger partial charge in [0.1, 0.15) is 5.69 Å². The highest BCUT2D eigenvalue weighted by molar-refractivity contribution is 5.53. The lowest BCUT2D eigenvalue weighted by molar-refractivity contribution is 0.605. The molecule has 2 aromatic heterocycles. The number of aromatic nitrogens is 4. The summed E-state index contributed by atoms with van der Waals surface area (Å²) >= 11 is 0. The molecule has 0 unspecified atom stereocenters. The van der Waals surface area contributed by atoms with Crippen molar-refractivity contribution in [2.24, 2.45) is 0 Å². The molecule has 0 aliphatic heterocycles. The Kier molecular flexibility index (Phi) is 4.09. The second-order valence-corrected chi connectivity index (χ2v) is 4.29. The number of anilines is 1. The largest absolute Gasteiger partial charge is 0.368 e. The Morgan fingerprint density at radius 3 is 2.79 bits per heavy atom. The van der Waals surface area contributed by atoms with Gasteiger partial charge < -0.3 is 9.88 Å². The first-order chi connectivity index (χ1) is 9.17. The van der Waals surface area contributed by atoms with Crippen molar-refractivity contribution >= 4 is 5.82 Å². The van der Waals surface area contributed by atoms with E-state index in [1.807, 2.05) is 18.4 Å². The van der Waals surface area contributed by atoms with Crippen LogP contribution in [-0.4, -0.2) is 26.1 Å². The van der Waals surface area contributed by atoms with Crippen LogP contribution in [0.15, 0.2) is 12.5 Å². The van der Waals surface area contributed by atoms with Crippen LogP contribution in [0.2, 0.25) is 0 Å². The number of imidazole rings is 1. The standard InChI is InChI=1S/C13H18FN5/c1-4-6-16-13-11(14)9(3)17-12(18-13)10-7-15-8-19(10)5-2/h7-8H,4-6H2,1-3H3,(H,16,17,18). The third-order valence-electron chi connectivity index (χ3n) is 2.84. The van der Waals surface area contributed by atoms with E-state index in [0.717, 1.165) is 18.7 Å². The van der Waals surface area contributed by atoms with Gasteiger partial charge in [-0.15, -0.1) is 0 Å². The van der Waals surface area contributed by atoms with Crippen molar-refractivity contribution in [1.29, 1.82) is 0 Å². The summed E-state index contributed by atoms with van der Waals surface area (Å²) in [6.07, 6.45) is 4.32. The summed E-state index contributed by atoms with van der Waals surface area (Å²) < 4.78 is 15.8. The van der Waals surface area contributed by atoms with Crippen molar-refractivity contribution in [2.45, 2.75) is 33.7 Å². The molecule has 19 heavy (non-hydrogen) atoms. The molecule has 0 atom stereocenters. The van der Waals surface area contributed by atoms with Crippen molar-refractivity contribution in [2.75, 3.05) is 11.9 Å². The fourth-order valence-corrected chi connectivity index (χ4v) is 1.79. The molecule has 0 aromatic carbocycles. The summed E-state index contributed by atoms with van der Waals surface area (Å²) in [7, 11) is 0. The Bertz CT molecular complexity index is 564. The maximum Gasteiger partial charge on any atom is 0.186 e. The van der Waals surface area contributed by atoms with E-state index in [0.29, 0.717) is 18.1 Å². The van der Waals surface area contributed by atoms with Gasteiger partial charge in [-0.2, -0.15) is 0 Å². The van der Waals surface area contributed by atoms with E-state index < -0.39 is 0 Å². The van der Waals surface area contributed by atoms with E-state index in [1.165, 1.54) is 0 Å². The maximum absolute atomic E-state index is 13.9. The molecule has 0 aliphatic carbocycles. The molecular weight excluding hydrogens is 245 g/mol. The third-order valence-corrected chi connectivity index (χ3v) is 2.84. The number of hydrogen-bond donors (Lipinski definition) is 1. The first-order valence-corrected chi connectivity index (χ1v) is 6.45. The van der Waals surface area contributed by atoms with Gasteiger partial charge in [0.05, 0.1) is 18.2 Å². The van der Waals surface area contributed by atoms with Crippen LogP contribution in [0.5, 0.6) is 0 Å². The number of aryl methyl sites for hydroxylation is 2. The number of halogens is 1. The lowest BCUT2D eigenvalue weighted by Crippen LogP contribution is -2.09. The van der Waals surface area contributed by atoms with E-state index in [9.17, 15) is 4.39 Å². The van der Waals surface area contributed by atoms with E-state index in [2.05, 4.69) is 20.3 Å². The molecule has 6 heteroatoms. The number of hydrogen-bond acceptors (Lipinski definition) is 4. The molecule has 0 saturated carbocycles. The zero-order chi connectivity index (χ0) is 13.8. The fourth-order valence-electron chi connectivity index (χ4n) is 1.79. The van der Waals surface area contributed by atoms with E-state index in [1.54, 1.807) is 19.4 Å². The quantitative estimate of drug-likeness (QED) is 0.901. The predicted molar refractivity (Wildman–Crippen MR) is 72.4 cm³/mol. The van der Waals surface area contributed by atoms with Gasteiger partial charge >= 0.3 is 0 Å². The van der Waals surface area contributed by atoms with Gasteiger partial charge in [0.2, 0.25) is 0 Å². The lowest BCUT2D eigenvalue weighted by Gasteiger charge is -2.10. The molecule has 0 fully saturated rings. The van der Waals surface area contributed by atoms with E-state index in [-0.39, 0.29) is 11.6 Å². The van der Waals surface area contributed by atoms with E-state index in [4.69, 9.17) is 0 Å². The van der Waals surface area contributed by atoms with Crippen LogP contribution in [0.1, 0.15) is 26.0 Å². The molecule has 2 aromatic rings. The summed E-state index contributed by atoms with van der Waals surface area (Å²) in [5, 5.41) is 2.99. The van der Waals surface area contributed by atoms with E-state index >= 15 is 0 Å². The zero-order valence-electron chi connectivity index (χ0n) is 11.4. The normalized spacial score (nSPS) is 10.7. The monoisotopic (exact) mass is 263 g/mol. The Balaban J connectivity index is 2.44. The molecule has 0 amide bonds. The molecule has 2 heterocycles. The van der Waals surface area contributed by atoms with Gasteiger partial charge in [0.15, 0.2) is 17.5 Å². The average molecular weight is 263 g/mol. The summed E-state index contributed by atoms with van der Waals surface area (Å²) in [5.74, 6) is 0.366. The van der Waals surface area contributed by atoms with Crippen molar-refractivity contribution in [1.82, 2.24) is 19.5 Å². The Labute approximate surface area is 111 Å². The van der Waals surface area contributed by atoms with Crippen molar-refractivity contribution in [3.8, 4) is 11.5 Å². The highest BCUT2D eigenvalue weighted by atomic mass is 19.1. The maximum atomic E-state index is 13.9. The Morgan fingerprint density at radius 1 is 1.32 bits per heavy atom. The van der Waals surface area contributed by atoms with Crippen molar-refractivity contribution < 1.29 is 4.39 Å². The smallest absolute Gasteiger partial charge is 0.186 e. The summed E-state index contributed by atoms with van der Waals surface area (Å²) in [6.45, 7) is 7.13. The van der Waals surface area contributed by atoms with Crippen molar-refractivity contribution in [3.63, 3.8) is 0 Å². The second kappa shape index (κ2) is 5.77. The molecular formula is C13H18FN5. The van der Waals surface area contributed by atoms with Crippen LogP contribution in [0.3, 0.4) is 0 Å². The van der Waals surface area contributed by atoms with Crippen molar-refractivity contribution in [3.05, 3.63) is 24.0 Å². The first-order valence-electron chi connectivity index (χ1n) is 6.45. The molecule has 0 aliphatic rings. The SMILES string of the molecule is CCCNc1nc(-c2cncn2CC)nc(C)c1F. The van der Waals surface area contributed by atoms with Gasteiger partial charge in [-0.1, -0.05) is 6.92 Å². The molecule has 5 nitrogen and oxygen atoms in total. The Hall–Kier alpha value is -1.98. The average Bonchev–Trinajstić information content (AvgIpc) is 2.88. The molecule has 102 valence electrons. The van der Waals surface area contributed by atoms with Gasteiger partial charge in [-0.25, -0.2) is 19.3 Å². The second-order valence-electron chi connectivity index (χ2n) is 4.29. The fraction of sp³-hybridized carbons (Fsp3) is 0.462. The molecule has 0 saturated heterocycles. The highest BCUT2D eigenvalue weighted by Gasteiger charge is 2.14. The number of rotatable bonds is 5. The summed E-state index contributed by atoms with van der Waals surface area (Å²) in [5.41, 5.74) is 1.14. The van der Waals surface area contributed by atoms with Crippen LogP contribution in [0, 0.1) is 12.7 Å². The summed E-state index contributed by atoms with van der Waals surface area (Å²) in [4.78, 5) is 12.6. The third kappa shape index (κ3) is 2.72. The molecule has 0 spiro atoms. The minimum absolute atomic E-state index is 0.258. The first kappa shape index (κ1) is 13.5. The van der Waals surface area contributed by atoms with Crippen LogP contribution >= 0.6 is 0 Å². The zero-order valence-corrected chi connectivity index (χ0v) is 11.4. The van der Waals surface area contributed by atoms with Gasteiger partial charge in [0.25, 0.3) is 0 Å². The van der Waals surface area contributed by atoms with Gasteiger partial charge in [-0.3, -0.25) is 0 Å². The minimum Gasteiger partial charge on any atom is -0.368 e. The summed E-state index contributed by atoms with van der Waals surface area (Å²) in [6, 6.07) is 0. The molecule has 1 N–H and O–H groups in total. The Morgan fingerprint density at radius 2 is 2.11 bits per heavy atom. The van der Waals surface area contributed by atoms with Gasteiger partial charge in [-0.05, 0) is 20.3 Å². The predicted octanol–water partition coefficient (Wildman–Crippen LogP) is 2.63. The molecule has 0 bridgehead atoms. The lowest BCUT2D eigenvalue weighted by atomic mass is 10.3. The molecule has 0 radical (unpaired) electrons. The van der Waals surface area contributed by atoms with Crippen LogP contribution in [0.4, 0.5) is 10.2 Å². The van der Waals surface area contributed by atoms with Crippen LogP contribution in [0.25, 0.3) is 11.5 Å².